The highest BCUT2D eigenvalue weighted by Crippen LogP contribution is 2.17. The van der Waals surface area contributed by atoms with Crippen LogP contribution in [0.4, 0.5) is 0 Å². The highest BCUT2D eigenvalue weighted by molar-refractivity contribution is 5.78. The smallest absolute Gasteiger partial charge is 0.134 e. The number of rotatable bonds is 8. The largest absolute Gasteiger partial charge is 0.378 e. The van der Waals surface area contributed by atoms with Crippen molar-refractivity contribution in [1.82, 2.24) is 5.32 Å². The Hall–Kier alpha value is -0.410. The normalized spacial score (nSPS) is 20.6. The van der Waals surface area contributed by atoms with Gasteiger partial charge in [-0.05, 0) is 25.7 Å². The van der Waals surface area contributed by atoms with Crippen molar-refractivity contribution in [2.45, 2.75) is 64.5 Å². The number of ketones is 1. The molecule has 0 amide bonds. The van der Waals surface area contributed by atoms with Crippen LogP contribution in [0.1, 0.15) is 52.4 Å². The van der Waals surface area contributed by atoms with E-state index < -0.39 is 0 Å². The van der Waals surface area contributed by atoms with Crippen molar-refractivity contribution in [3.8, 4) is 0 Å². The van der Waals surface area contributed by atoms with E-state index >= 15 is 0 Å². The van der Waals surface area contributed by atoms with Gasteiger partial charge in [0.15, 0.2) is 0 Å². The Kier molecular flexibility index (Phi) is 6.65. The van der Waals surface area contributed by atoms with Crippen molar-refractivity contribution >= 4 is 5.78 Å². The van der Waals surface area contributed by atoms with Crippen LogP contribution in [-0.2, 0) is 9.53 Å². The Labute approximate surface area is 98.9 Å². The first kappa shape index (κ1) is 13.7. The van der Waals surface area contributed by atoms with E-state index in [2.05, 4.69) is 19.2 Å². The predicted octanol–water partition coefficient (Wildman–Crippen LogP) is 2.29. The van der Waals surface area contributed by atoms with Gasteiger partial charge in [-0.15, -0.1) is 0 Å². The minimum absolute atomic E-state index is 0.381. The van der Waals surface area contributed by atoms with Crippen molar-refractivity contribution in [1.29, 1.82) is 0 Å². The molecule has 1 heterocycles. The summed E-state index contributed by atoms with van der Waals surface area (Å²) < 4.78 is 5.52. The Balaban J connectivity index is 1.93. The molecule has 0 aromatic heterocycles. The summed E-state index contributed by atoms with van der Waals surface area (Å²) in [5, 5.41) is 3.26. The molecule has 3 heteroatoms. The molecule has 1 aliphatic rings. The molecular formula is C13H25NO2. The first-order valence-corrected chi connectivity index (χ1v) is 6.55. The van der Waals surface area contributed by atoms with Gasteiger partial charge in [0.05, 0.1) is 6.10 Å². The van der Waals surface area contributed by atoms with Gasteiger partial charge < -0.3 is 10.1 Å². The minimum atomic E-state index is 0.381. The molecule has 0 spiro atoms. The van der Waals surface area contributed by atoms with E-state index in [4.69, 9.17) is 4.74 Å². The van der Waals surface area contributed by atoms with Crippen molar-refractivity contribution in [2.24, 2.45) is 0 Å². The van der Waals surface area contributed by atoms with E-state index in [1.165, 1.54) is 12.8 Å². The summed E-state index contributed by atoms with van der Waals surface area (Å²) in [4.78, 5) is 11.5. The van der Waals surface area contributed by atoms with E-state index in [0.29, 0.717) is 24.3 Å². The first-order valence-electron chi connectivity index (χ1n) is 6.55. The lowest BCUT2D eigenvalue weighted by Crippen LogP contribution is -2.25. The lowest BCUT2D eigenvalue weighted by atomic mass is 10.1. The van der Waals surface area contributed by atoms with Crippen molar-refractivity contribution in [3.63, 3.8) is 0 Å². The van der Waals surface area contributed by atoms with Crippen LogP contribution in [0, 0.1) is 0 Å². The van der Waals surface area contributed by atoms with Crippen LogP contribution in [0.2, 0.25) is 0 Å². The topological polar surface area (TPSA) is 38.3 Å². The SMILES string of the molecule is CC(C)NCCC(=O)CCCC1CCCO1. The van der Waals surface area contributed by atoms with E-state index in [1.807, 2.05) is 0 Å². The fraction of sp³-hybridized carbons (Fsp3) is 0.923. The Morgan fingerprint density at radius 1 is 1.44 bits per heavy atom. The summed E-state index contributed by atoms with van der Waals surface area (Å²) in [6, 6.07) is 0.472. The Morgan fingerprint density at radius 3 is 2.88 bits per heavy atom. The molecule has 1 aliphatic heterocycles. The molecule has 1 fully saturated rings. The van der Waals surface area contributed by atoms with E-state index in [0.717, 1.165) is 32.4 Å². The number of hydrogen-bond donors (Lipinski definition) is 1. The third kappa shape index (κ3) is 6.23. The second kappa shape index (κ2) is 7.80. The fourth-order valence-corrected chi connectivity index (χ4v) is 2.02. The summed E-state index contributed by atoms with van der Waals surface area (Å²) in [5.41, 5.74) is 0. The molecular weight excluding hydrogens is 202 g/mol. The zero-order chi connectivity index (χ0) is 11.8. The number of ether oxygens (including phenoxy) is 1. The molecule has 0 radical (unpaired) electrons. The summed E-state index contributed by atoms with van der Waals surface area (Å²) in [5.74, 6) is 0.381. The summed E-state index contributed by atoms with van der Waals surface area (Å²) >= 11 is 0. The molecule has 1 saturated heterocycles. The van der Waals surface area contributed by atoms with Gasteiger partial charge in [0, 0.05) is 32.0 Å². The Morgan fingerprint density at radius 2 is 2.25 bits per heavy atom. The number of nitrogens with one attached hydrogen (secondary N) is 1. The standard InChI is InChI=1S/C13H25NO2/c1-11(2)14-9-8-12(15)5-3-6-13-7-4-10-16-13/h11,13-14H,3-10H2,1-2H3. The molecule has 1 unspecified atom stereocenters. The quantitative estimate of drug-likeness (QED) is 0.691. The van der Waals surface area contributed by atoms with Crippen LogP contribution in [0.15, 0.2) is 0 Å². The van der Waals surface area contributed by atoms with Gasteiger partial charge in [-0.1, -0.05) is 13.8 Å². The molecule has 0 bridgehead atoms. The Bertz CT molecular complexity index is 198. The maximum atomic E-state index is 11.5. The molecule has 0 aromatic carbocycles. The van der Waals surface area contributed by atoms with Crippen LogP contribution in [0.3, 0.4) is 0 Å². The summed E-state index contributed by atoms with van der Waals surface area (Å²) in [6.07, 6.45) is 6.25. The number of carbonyl (C=O) groups excluding carboxylic acids is 1. The summed E-state index contributed by atoms with van der Waals surface area (Å²) in [6.45, 7) is 5.93. The third-order valence-electron chi connectivity index (χ3n) is 2.96. The average molecular weight is 227 g/mol. The lowest BCUT2D eigenvalue weighted by Gasteiger charge is -2.09. The second-order valence-electron chi connectivity index (χ2n) is 4.92. The predicted molar refractivity (Wildman–Crippen MR) is 65.6 cm³/mol. The van der Waals surface area contributed by atoms with Gasteiger partial charge in [0.1, 0.15) is 5.78 Å². The molecule has 0 aliphatic carbocycles. The van der Waals surface area contributed by atoms with Crippen LogP contribution in [-0.4, -0.2) is 31.1 Å². The van der Waals surface area contributed by atoms with Gasteiger partial charge in [-0.3, -0.25) is 4.79 Å². The van der Waals surface area contributed by atoms with Crippen LogP contribution < -0.4 is 5.32 Å². The van der Waals surface area contributed by atoms with Gasteiger partial charge >= 0.3 is 0 Å². The van der Waals surface area contributed by atoms with E-state index in [-0.39, 0.29) is 0 Å². The molecule has 94 valence electrons. The van der Waals surface area contributed by atoms with Gasteiger partial charge in [0.25, 0.3) is 0 Å². The molecule has 16 heavy (non-hydrogen) atoms. The van der Waals surface area contributed by atoms with E-state index in [1.54, 1.807) is 0 Å². The molecule has 1 atom stereocenters. The van der Waals surface area contributed by atoms with Crippen molar-refractivity contribution in [2.75, 3.05) is 13.2 Å². The van der Waals surface area contributed by atoms with Crippen molar-refractivity contribution < 1.29 is 9.53 Å². The minimum Gasteiger partial charge on any atom is -0.378 e. The highest BCUT2D eigenvalue weighted by atomic mass is 16.5. The van der Waals surface area contributed by atoms with Crippen LogP contribution >= 0.6 is 0 Å². The third-order valence-corrected chi connectivity index (χ3v) is 2.96. The zero-order valence-electron chi connectivity index (χ0n) is 10.6. The number of carbonyl (C=O) groups is 1. The maximum absolute atomic E-state index is 11.5. The number of Topliss-reactive ketones (excluding diaryl/α,β-unsaturated/α-hetero) is 1. The average Bonchev–Trinajstić information content (AvgIpc) is 2.70. The van der Waals surface area contributed by atoms with Crippen LogP contribution in [0.5, 0.6) is 0 Å². The van der Waals surface area contributed by atoms with Crippen LogP contribution in [0.25, 0.3) is 0 Å². The maximum Gasteiger partial charge on any atom is 0.134 e. The molecule has 1 rings (SSSR count). The number of hydrogen-bond acceptors (Lipinski definition) is 3. The van der Waals surface area contributed by atoms with Gasteiger partial charge in [0.2, 0.25) is 0 Å². The first-order chi connectivity index (χ1) is 7.68. The van der Waals surface area contributed by atoms with E-state index in [9.17, 15) is 4.79 Å². The molecule has 1 N–H and O–H groups in total. The fourth-order valence-electron chi connectivity index (χ4n) is 2.02. The molecule has 0 saturated carbocycles. The summed E-state index contributed by atoms with van der Waals surface area (Å²) in [7, 11) is 0. The van der Waals surface area contributed by atoms with Gasteiger partial charge in [-0.2, -0.15) is 0 Å². The second-order valence-corrected chi connectivity index (χ2v) is 4.92. The molecule has 0 aromatic rings. The zero-order valence-corrected chi connectivity index (χ0v) is 10.6. The monoisotopic (exact) mass is 227 g/mol. The molecule has 3 nitrogen and oxygen atoms in total. The van der Waals surface area contributed by atoms with Crippen molar-refractivity contribution in [3.05, 3.63) is 0 Å². The highest BCUT2D eigenvalue weighted by Gasteiger charge is 2.15. The van der Waals surface area contributed by atoms with Gasteiger partial charge in [-0.25, -0.2) is 0 Å². The lowest BCUT2D eigenvalue weighted by molar-refractivity contribution is -0.119.